The van der Waals surface area contributed by atoms with Crippen LogP contribution in [-0.4, -0.2) is 18.9 Å². The Bertz CT molecular complexity index is 1580. The first-order valence-corrected chi connectivity index (χ1v) is 12.6. The predicted octanol–water partition coefficient (Wildman–Crippen LogP) is 4.98. The first kappa shape index (κ1) is 20.9. The third kappa shape index (κ3) is 3.72. The van der Waals surface area contributed by atoms with E-state index < -0.39 is 0 Å². The van der Waals surface area contributed by atoms with E-state index >= 15 is 0 Å². The molecule has 0 aliphatic heterocycles. The zero-order chi connectivity index (χ0) is 22.2. The molecule has 0 fully saturated rings. The molecule has 5 heterocycles. The van der Waals surface area contributed by atoms with Gasteiger partial charge in [-0.3, -0.25) is 18.6 Å². The molecule has 0 spiro atoms. The lowest BCUT2D eigenvalue weighted by Crippen LogP contribution is -2.22. The van der Waals surface area contributed by atoms with E-state index in [4.69, 9.17) is 4.98 Å². The van der Waals surface area contributed by atoms with Gasteiger partial charge in [0.15, 0.2) is 5.16 Å². The Hall–Kier alpha value is -3.01. The highest BCUT2D eigenvalue weighted by molar-refractivity contribution is 7.98. The molecular weight excluding hydrogens is 460 g/mol. The van der Waals surface area contributed by atoms with E-state index in [9.17, 15) is 9.59 Å². The van der Waals surface area contributed by atoms with Crippen LogP contribution in [-0.2, 0) is 12.3 Å². The molecule has 0 radical (unpaired) electrons. The number of rotatable bonds is 6. The summed E-state index contributed by atoms with van der Waals surface area (Å²) in [5, 5.41) is 5.22. The van der Waals surface area contributed by atoms with Gasteiger partial charge in [0.05, 0.1) is 11.1 Å². The normalized spacial score (nSPS) is 11.4. The van der Waals surface area contributed by atoms with Gasteiger partial charge in [-0.05, 0) is 30.0 Å². The first-order valence-electron chi connectivity index (χ1n) is 9.83. The van der Waals surface area contributed by atoms with E-state index in [1.807, 2.05) is 41.9 Å². The fourth-order valence-corrected chi connectivity index (χ4v) is 6.19. The van der Waals surface area contributed by atoms with Crippen LogP contribution in [0, 0.1) is 6.92 Å². The van der Waals surface area contributed by atoms with Crippen molar-refractivity contribution in [3.8, 4) is 10.4 Å². The fourth-order valence-electron chi connectivity index (χ4n) is 3.49. The van der Waals surface area contributed by atoms with Crippen LogP contribution >= 0.6 is 34.4 Å². The lowest BCUT2D eigenvalue weighted by atomic mass is 10.2. The van der Waals surface area contributed by atoms with E-state index in [0.717, 1.165) is 16.0 Å². The van der Waals surface area contributed by atoms with Crippen molar-refractivity contribution >= 4 is 50.3 Å². The molecule has 32 heavy (non-hydrogen) atoms. The van der Waals surface area contributed by atoms with Crippen molar-refractivity contribution in [1.82, 2.24) is 18.9 Å². The number of pyridine rings is 1. The summed E-state index contributed by atoms with van der Waals surface area (Å²) in [5.74, 6) is 0.428. The lowest BCUT2D eigenvalue weighted by molar-refractivity contribution is 0.673. The SMILES string of the molecule is C=CCn1c(SCc2cc(=O)n3cc(C)ccc3n2)nc2scc(-c3cccs3)c2c1=O. The van der Waals surface area contributed by atoms with Gasteiger partial charge in [-0.1, -0.05) is 30.0 Å². The van der Waals surface area contributed by atoms with Crippen LogP contribution in [0.3, 0.4) is 0 Å². The van der Waals surface area contributed by atoms with Gasteiger partial charge in [-0.2, -0.15) is 0 Å². The van der Waals surface area contributed by atoms with E-state index in [2.05, 4.69) is 11.6 Å². The minimum Gasteiger partial charge on any atom is -0.283 e. The molecule has 0 bridgehead atoms. The standard InChI is InChI=1S/C23H18N4O2S3/c1-3-8-26-22(29)20-16(17-5-4-9-30-17)13-31-21(20)25-23(26)32-12-15-10-19(28)27-11-14(2)6-7-18(27)24-15/h3-7,9-11,13H,1,8,12H2,2H3. The number of hydrogen-bond acceptors (Lipinski definition) is 7. The van der Waals surface area contributed by atoms with Gasteiger partial charge < -0.3 is 0 Å². The van der Waals surface area contributed by atoms with Crippen molar-refractivity contribution in [2.75, 3.05) is 0 Å². The molecule has 0 saturated carbocycles. The van der Waals surface area contributed by atoms with Gasteiger partial charge in [0, 0.05) is 40.4 Å². The summed E-state index contributed by atoms with van der Waals surface area (Å²) in [7, 11) is 0. The third-order valence-corrected chi connectivity index (χ3v) is 7.75. The molecule has 6 nitrogen and oxygen atoms in total. The Morgan fingerprint density at radius 3 is 2.84 bits per heavy atom. The molecule has 5 aromatic heterocycles. The van der Waals surface area contributed by atoms with Gasteiger partial charge in [-0.25, -0.2) is 9.97 Å². The summed E-state index contributed by atoms with van der Waals surface area (Å²) >= 11 is 4.47. The van der Waals surface area contributed by atoms with Gasteiger partial charge >= 0.3 is 0 Å². The molecular formula is C23H18N4O2S3. The summed E-state index contributed by atoms with van der Waals surface area (Å²) in [6.07, 6.45) is 3.47. The Morgan fingerprint density at radius 2 is 2.06 bits per heavy atom. The quantitative estimate of drug-likeness (QED) is 0.196. The van der Waals surface area contributed by atoms with Crippen LogP contribution in [0.4, 0.5) is 0 Å². The summed E-state index contributed by atoms with van der Waals surface area (Å²) in [5.41, 5.74) is 2.96. The molecule has 0 atom stereocenters. The topological polar surface area (TPSA) is 69.3 Å². The minimum atomic E-state index is -0.125. The van der Waals surface area contributed by atoms with Gasteiger partial charge in [0.25, 0.3) is 11.1 Å². The number of nitrogens with zero attached hydrogens (tertiary/aromatic N) is 4. The van der Waals surface area contributed by atoms with Crippen molar-refractivity contribution in [3.05, 3.63) is 91.9 Å². The Morgan fingerprint density at radius 1 is 1.19 bits per heavy atom. The zero-order valence-corrected chi connectivity index (χ0v) is 19.6. The second kappa shape index (κ2) is 8.50. The van der Waals surface area contributed by atoms with Crippen molar-refractivity contribution in [2.24, 2.45) is 0 Å². The largest absolute Gasteiger partial charge is 0.283 e. The molecule has 0 N–H and O–H groups in total. The molecule has 0 amide bonds. The molecule has 160 valence electrons. The summed E-state index contributed by atoms with van der Waals surface area (Å²) in [4.78, 5) is 37.1. The number of fused-ring (bicyclic) bond motifs is 2. The predicted molar refractivity (Wildman–Crippen MR) is 133 cm³/mol. The highest BCUT2D eigenvalue weighted by atomic mass is 32.2. The average molecular weight is 479 g/mol. The molecule has 9 heteroatoms. The minimum absolute atomic E-state index is 0.0796. The number of allylic oxidation sites excluding steroid dienone is 1. The smallest absolute Gasteiger partial charge is 0.263 e. The maximum absolute atomic E-state index is 13.4. The highest BCUT2D eigenvalue weighted by Crippen LogP contribution is 2.34. The second-order valence-corrected chi connectivity index (χ2v) is 9.96. The van der Waals surface area contributed by atoms with Crippen molar-refractivity contribution in [3.63, 3.8) is 0 Å². The van der Waals surface area contributed by atoms with Crippen LogP contribution in [0.5, 0.6) is 0 Å². The van der Waals surface area contributed by atoms with Crippen molar-refractivity contribution in [1.29, 1.82) is 0 Å². The molecule has 5 aromatic rings. The maximum Gasteiger partial charge on any atom is 0.263 e. The second-order valence-electron chi connectivity index (χ2n) is 7.21. The van der Waals surface area contributed by atoms with Crippen LogP contribution < -0.4 is 11.1 Å². The van der Waals surface area contributed by atoms with Gasteiger partial charge in [-0.15, -0.1) is 29.3 Å². The number of thioether (sulfide) groups is 1. The Balaban J connectivity index is 1.54. The molecule has 0 saturated heterocycles. The molecule has 0 aromatic carbocycles. The van der Waals surface area contributed by atoms with Crippen molar-refractivity contribution < 1.29 is 0 Å². The summed E-state index contributed by atoms with van der Waals surface area (Å²) < 4.78 is 3.18. The monoisotopic (exact) mass is 478 g/mol. The Kier molecular flexibility index (Phi) is 5.54. The average Bonchev–Trinajstić information content (AvgIpc) is 3.45. The van der Waals surface area contributed by atoms with Crippen LogP contribution in [0.2, 0.25) is 0 Å². The highest BCUT2D eigenvalue weighted by Gasteiger charge is 2.18. The van der Waals surface area contributed by atoms with Crippen LogP contribution in [0.25, 0.3) is 26.3 Å². The zero-order valence-electron chi connectivity index (χ0n) is 17.1. The molecule has 0 unspecified atom stereocenters. The van der Waals surface area contributed by atoms with Crippen LogP contribution in [0.15, 0.2) is 74.7 Å². The van der Waals surface area contributed by atoms with E-state index in [1.165, 1.54) is 29.2 Å². The van der Waals surface area contributed by atoms with Crippen molar-refractivity contribution in [2.45, 2.75) is 24.4 Å². The Labute approximate surface area is 195 Å². The van der Waals surface area contributed by atoms with Crippen LogP contribution in [0.1, 0.15) is 11.3 Å². The number of hydrogen-bond donors (Lipinski definition) is 0. The van der Waals surface area contributed by atoms with Gasteiger partial charge in [0.2, 0.25) is 0 Å². The van der Waals surface area contributed by atoms with E-state index in [0.29, 0.717) is 39.0 Å². The molecule has 0 aliphatic rings. The fraction of sp³-hybridized carbons (Fsp3) is 0.130. The number of aromatic nitrogens is 4. The lowest BCUT2D eigenvalue weighted by Gasteiger charge is -2.11. The number of aryl methyl sites for hydroxylation is 1. The number of thiophene rings is 2. The van der Waals surface area contributed by atoms with E-state index in [1.54, 1.807) is 32.6 Å². The third-order valence-electron chi connectivity index (χ3n) is 4.97. The maximum atomic E-state index is 13.4. The van der Waals surface area contributed by atoms with Gasteiger partial charge in [0.1, 0.15) is 10.5 Å². The molecule has 5 rings (SSSR count). The van der Waals surface area contributed by atoms with E-state index in [-0.39, 0.29) is 11.1 Å². The summed E-state index contributed by atoms with van der Waals surface area (Å²) in [6.45, 7) is 6.09. The molecule has 0 aliphatic carbocycles. The summed E-state index contributed by atoms with van der Waals surface area (Å²) in [6, 6.07) is 9.29. The first-order chi connectivity index (χ1) is 15.5.